The van der Waals surface area contributed by atoms with Crippen molar-refractivity contribution in [1.29, 1.82) is 0 Å². The van der Waals surface area contributed by atoms with E-state index >= 15 is 0 Å². The van der Waals surface area contributed by atoms with Gasteiger partial charge < -0.3 is 21.3 Å². The fourth-order valence-electron chi connectivity index (χ4n) is 1.25. The Bertz CT molecular complexity index is 312. The molecule has 0 radical (unpaired) electrons. The van der Waals surface area contributed by atoms with E-state index in [9.17, 15) is 9.59 Å². The molecule has 5 N–H and O–H groups in total. The first kappa shape index (κ1) is 16.4. The van der Waals surface area contributed by atoms with Gasteiger partial charge in [0.25, 0.3) is 0 Å². The lowest BCUT2D eigenvalue weighted by molar-refractivity contribution is -0.145. The zero-order chi connectivity index (χ0) is 14.0. The number of rotatable bonds is 9. The summed E-state index contributed by atoms with van der Waals surface area (Å²) in [6.07, 6.45) is 7.32. The number of terminal acetylenes is 1. The van der Waals surface area contributed by atoms with Crippen molar-refractivity contribution in [2.75, 3.05) is 6.61 Å². The molecule has 0 bridgehead atoms. The van der Waals surface area contributed by atoms with Crippen molar-refractivity contribution in [2.24, 2.45) is 11.5 Å². The van der Waals surface area contributed by atoms with E-state index in [-0.39, 0.29) is 13.0 Å². The minimum absolute atomic E-state index is 0.255. The Labute approximate surface area is 107 Å². The average Bonchev–Trinajstić information content (AvgIpc) is 2.33. The molecule has 0 spiro atoms. The van der Waals surface area contributed by atoms with E-state index in [1.807, 2.05) is 0 Å². The summed E-state index contributed by atoms with van der Waals surface area (Å²) in [6, 6.07) is -1.65. The topological polar surface area (TPSA) is 116 Å². The third-order valence-corrected chi connectivity index (χ3v) is 2.36. The van der Waals surface area contributed by atoms with Crippen molar-refractivity contribution in [2.45, 2.75) is 44.2 Å². The van der Waals surface area contributed by atoms with Gasteiger partial charge in [0, 0.05) is 6.42 Å². The van der Waals surface area contributed by atoms with Gasteiger partial charge in [-0.15, -0.1) is 12.3 Å². The Hall–Kier alpha value is -1.58. The summed E-state index contributed by atoms with van der Waals surface area (Å²) in [4.78, 5) is 21.8. The van der Waals surface area contributed by atoms with Crippen LogP contribution in [0.1, 0.15) is 32.1 Å². The zero-order valence-electron chi connectivity index (χ0n) is 10.3. The van der Waals surface area contributed by atoms with Gasteiger partial charge in [-0.25, -0.2) is 0 Å². The monoisotopic (exact) mass is 256 g/mol. The highest BCUT2D eigenvalue weighted by Crippen LogP contribution is 2.04. The van der Waals surface area contributed by atoms with Crippen LogP contribution in [0, 0.1) is 12.3 Å². The number of carboxylic acids is 1. The minimum atomic E-state index is -1.06. The molecule has 0 saturated carbocycles. The third-order valence-electron chi connectivity index (χ3n) is 2.36. The number of carbonyl (C=O) groups excluding carboxylic acids is 1. The first-order chi connectivity index (χ1) is 8.49. The molecule has 0 amide bonds. The maximum Gasteiger partial charge on any atom is 0.322 e. The van der Waals surface area contributed by atoms with E-state index in [1.54, 1.807) is 0 Å². The Morgan fingerprint density at radius 1 is 1.22 bits per heavy atom. The van der Waals surface area contributed by atoms with Crippen LogP contribution in [0.25, 0.3) is 0 Å². The van der Waals surface area contributed by atoms with Crippen molar-refractivity contribution in [3.8, 4) is 12.3 Å². The van der Waals surface area contributed by atoms with E-state index in [0.717, 1.165) is 0 Å². The van der Waals surface area contributed by atoms with Crippen LogP contribution >= 0.6 is 0 Å². The Morgan fingerprint density at radius 2 is 1.83 bits per heavy atom. The number of ether oxygens (including phenoxy) is 1. The van der Waals surface area contributed by atoms with Gasteiger partial charge in [0.1, 0.15) is 12.1 Å². The summed E-state index contributed by atoms with van der Waals surface area (Å²) in [5.41, 5.74) is 10.9. The maximum atomic E-state index is 11.4. The summed E-state index contributed by atoms with van der Waals surface area (Å²) >= 11 is 0. The number of unbranched alkanes of at least 4 members (excludes halogenated alkanes) is 1. The van der Waals surface area contributed by atoms with Crippen LogP contribution in [-0.4, -0.2) is 35.7 Å². The molecule has 2 atom stereocenters. The molecule has 0 aromatic rings. The van der Waals surface area contributed by atoms with Crippen LogP contribution in [0.5, 0.6) is 0 Å². The molecule has 0 saturated heterocycles. The molecule has 0 aromatic carbocycles. The second-order valence-corrected chi connectivity index (χ2v) is 3.96. The van der Waals surface area contributed by atoms with Gasteiger partial charge in [-0.05, 0) is 25.7 Å². The number of aliphatic carboxylic acids is 1. The average molecular weight is 256 g/mol. The van der Waals surface area contributed by atoms with Gasteiger partial charge in [0.05, 0.1) is 6.61 Å². The normalized spacial score (nSPS) is 13.4. The second kappa shape index (κ2) is 9.45. The van der Waals surface area contributed by atoms with Crippen molar-refractivity contribution in [3.63, 3.8) is 0 Å². The number of nitrogens with two attached hydrogens (primary N) is 2. The van der Waals surface area contributed by atoms with Crippen LogP contribution < -0.4 is 11.5 Å². The second-order valence-electron chi connectivity index (χ2n) is 3.96. The molecule has 6 nitrogen and oxygen atoms in total. The van der Waals surface area contributed by atoms with Gasteiger partial charge in [-0.2, -0.15) is 0 Å². The quantitative estimate of drug-likeness (QED) is 0.300. The van der Waals surface area contributed by atoms with E-state index in [2.05, 4.69) is 5.92 Å². The Morgan fingerprint density at radius 3 is 2.39 bits per heavy atom. The highest BCUT2D eigenvalue weighted by molar-refractivity contribution is 5.75. The summed E-state index contributed by atoms with van der Waals surface area (Å²) in [5.74, 6) is 0.891. The molecule has 0 aliphatic heterocycles. The van der Waals surface area contributed by atoms with Crippen LogP contribution in [0.3, 0.4) is 0 Å². The van der Waals surface area contributed by atoms with Gasteiger partial charge in [0.15, 0.2) is 0 Å². The molecule has 0 heterocycles. The SMILES string of the molecule is C#CCCCOC(=O)C(N)CCC[C@H](N)C(=O)O. The van der Waals surface area contributed by atoms with E-state index in [0.29, 0.717) is 25.7 Å². The third kappa shape index (κ3) is 7.65. The van der Waals surface area contributed by atoms with Crippen molar-refractivity contribution in [3.05, 3.63) is 0 Å². The first-order valence-electron chi connectivity index (χ1n) is 5.83. The highest BCUT2D eigenvalue weighted by Gasteiger charge is 2.16. The Balaban J connectivity index is 3.68. The predicted molar refractivity (Wildman–Crippen MR) is 66.5 cm³/mol. The number of hydrogen-bond donors (Lipinski definition) is 3. The summed E-state index contributed by atoms with van der Waals surface area (Å²) < 4.78 is 4.90. The van der Waals surface area contributed by atoms with Crippen LogP contribution in [0.15, 0.2) is 0 Å². The van der Waals surface area contributed by atoms with Crippen molar-refractivity contribution in [1.82, 2.24) is 0 Å². The van der Waals surface area contributed by atoms with Gasteiger partial charge in [-0.1, -0.05) is 0 Å². The fourth-order valence-corrected chi connectivity index (χ4v) is 1.25. The van der Waals surface area contributed by atoms with Crippen molar-refractivity contribution >= 4 is 11.9 Å². The van der Waals surface area contributed by atoms with Crippen LogP contribution in [0.4, 0.5) is 0 Å². The first-order valence-corrected chi connectivity index (χ1v) is 5.83. The Kier molecular flexibility index (Phi) is 8.62. The molecule has 0 fully saturated rings. The molecular weight excluding hydrogens is 236 g/mol. The van der Waals surface area contributed by atoms with E-state index in [4.69, 9.17) is 27.7 Å². The minimum Gasteiger partial charge on any atom is -0.480 e. The van der Waals surface area contributed by atoms with Gasteiger partial charge in [0.2, 0.25) is 0 Å². The lowest BCUT2D eigenvalue weighted by Crippen LogP contribution is -2.34. The van der Waals surface area contributed by atoms with Gasteiger partial charge >= 0.3 is 11.9 Å². The number of hydrogen-bond acceptors (Lipinski definition) is 5. The largest absolute Gasteiger partial charge is 0.480 e. The summed E-state index contributed by atoms with van der Waals surface area (Å²) in [7, 11) is 0. The number of carbonyl (C=O) groups is 2. The molecule has 0 aliphatic rings. The lowest BCUT2D eigenvalue weighted by Gasteiger charge is -2.12. The van der Waals surface area contributed by atoms with Gasteiger partial charge in [-0.3, -0.25) is 9.59 Å². The molecule has 1 unspecified atom stereocenters. The van der Waals surface area contributed by atoms with E-state index in [1.165, 1.54) is 0 Å². The smallest absolute Gasteiger partial charge is 0.322 e. The molecule has 18 heavy (non-hydrogen) atoms. The van der Waals surface area contributed by atoms with Crippen LogP contribution in [0.2, 0.25) is 0 Å². The molecular formula is C12H20N2O4. The fraction of sp³-hybridized carbons (Fsp3) is 0.667. The van der Waals surface area contributed by atoms with Crippen LogP contribution in [-0.2, 0) is 14.3 Å². The standard InChI is InChI=1S/C12H20N2O4/c1-2-3-4-8-18-12(17)10(14)7-5-6-9(13)11(15)16/h1,9-10H,3-8,13-14H2,(H,15,16)/t9-,10?/m0/s1. The number of esters is 1. The summed E-state index contributed by atoms with van der Waals surface area (Å²) in [6.45, 7) is 0.255. The number of carboxylic acid groups (broad SMARTS) is 1. The zero-order valence-corrected chi connectivity index (χ0v) is 10.3. The van der Waals surface area contributed by atoms with E-state index < -0.39 is 24.0 Å². The predicted octanol–water partition coefficient (Wildman–Crippen LogP) is -0.147. The maximum absolute atomic E-state index is 11.4. The van der Waals surface area contributed by atoms with Crippen molar-refractivity contribution < 1.29 is 19.4 Å². The summed E-state index contributed by atoms with van der Waals surface area (Å²) in [5, 5.41) is 8.56. The molecule has 0 aliphatic carbocycles. The molecule has 0 aromatic heterocycles. The molecule has 102 valence electrons. The molecule has 0 rings (SSSR count). The molecule has 6 heteroatoms. The highest BCUT2D eigenvalue weighted by atomic mass is 16.5. The lowest BCUT2D eigenvalue weighted by atomic mass is 10.1.